The topological polar surface area (TPSA) is 55.4 Å². The second kappa shape index (κ2) is 6.22. The number of sulfonamides is 1. The maximum atomic E-state index is 12.4. The number of nitrogens with one attached hydrogen (secondary N) is 1. The Hall–Kier alpha value is 0.0500. The van der Waals surface area contributed by atoms with Crippen LogP contribution in [0.25, 0.3) is 0 Å². The van der Waals surface area contributed by atoms with Crippen molar-refractivity contribution in [3.8, 4) is 0 Å². The zero-order valence-corrected chi connectivity index (χ0v) is 14.0. The molecule has 0 aliphatic carbocycles. The molecule has 0 saturated carbocycles. The molecular formula is C12H18BrNO3S2. The van der Waals surface area contributed by atoms with Gasteiger partial charge in [0.1, 0.15) is 4.21 Å². The molecule has 19 heavy (non-hydrogen) atoms. The summed E-state index contributed by atoms with van der Waals surface area (Å²) < 4.78 is 33.4. The molecule has 2 heterocycles. The highest BCUT2D eigenvalue weighted by molar-refractivity contribution is 9.09. The van der Waals surface area contributed by atoms with Crippen LogP contribution in [-0.2, 0) is 21.2 Å². The molecule has 0 amide bonds. The standard InChI is InChI=1S/C12H18BrNO3S2/c1-2-10-3-4-11(18-10)19(15,16)14-12(9-13)5-7-17-8-6-12/h3-4,14H,2,5-9H2,1H3. The average Bonchev–Trinajstić information content (AvgIpc) is 2.89. The first-order valence-corrected chi connectivity index (χ1v) is 9.70. The van der Waals surface area contributed by atoms with Crippen LogP contribution in [0, 0.1) is 0 Å². The van der Waals surface area contributed by atoms with Gasteiger partial charge in [-0.05, 0) is 31.4 Å². The number of alkyl halides is 1. The second-order valence-electron chi connectivity index (χ2n) is 4.71. The molecule has 0 radical (unpaired) electrons. The third-order valence-electron chi connectivity index (χ3n) is 3.31. The first-order valence-electron chi connectivity index (χ1n) is 6.28. The minimum absolute atomic E-state index is 0.399. The normalized spacial score (nSPS) is 19.5. The summed E-state index contributed by atoms with van der Waals surface area (Å²) in [5, 5.41) is 0.606. The molecule has 1 saturated heterocycles. The van der Waals surface area contributed by atoms with E-state index in [4.69, 9.17) is 4.74 Å². The van der Waals surface area contributed by atoms with Gasteiger partial charge in [-0.3, -0.25) is 0 Å². The lowest BCUT2D eigenvalue weighted by atomic mass is 9.94. The smallest absolute Gasteiger partial charge is 0.250 e. The van der Waals surface area contributed by atoms with E-state index in [2.05, 4.69) is 20.7 Å². The molecule has 1 N–H and O–H groups in total. The molecule has 0 spiro atoms. The van der Waals surface area contributed by atoms with Crippen LogP contribution >= 0.6 is 27.3 Å². The zero-order chi connectivity index (χ0) is 13.9. The van der Waals surface area contributed by atoms with Crippen LogP contribution in [-0.4, -0.2) is 32.5 Å². The van der Waals surface area contributed by atoms with Gasteiger partial charge in [0.15, 0.2) is 0 Å². The SMILES string of the molecule is CCc1ccc(S(=O)(=O)NC2(CBr)CCOCC2)s1. The van der Waals surface area contributed by atoms with E-state index < -0.39 is 15.6 Å². The van der Waals surface area contributed by atoms with Gasteiger partial charge < -0.3 is 4.74 Å². The molecule has 0 aromatic carbocycles. The Balaban J connectivity index is 2.19. The van der Waals surface area contributed by atoms with E-state index in [1.165, 1.54) is 11.3 Å². The number of ether oxygens (including phenoxy) is 1. The zero-order valence-electron chi connectivity index (χ0n) is 10.8. The third kappa shape index (κ3) is 3.58. The monoisotopic (exact) mass is 367 g/mol. The van der Waals surface area contributed by atoms with Crippen molar-refractivity contribution in [2.45, 2.75) is 35.9 Å². The summed E-state index contributed by atoms with van der Waals surface area (Å²) in [5.41, 5.74) is -0.423. The fourth-order valence-electron chi connectivity index (χ4n) is 2.05. The maximum absolute atomic E-state index is 12.4. The molecule has 2 rings (SSSR count). The lowest BCUT2D eigenvalue weighted by molar-refractivity contribution is 0.0557. The van der Waals surface area contributed by atoms with E-state index in [-0.39, 0.29) is 0 Å². The van der Waals surface area contributed by atoms with E-state index >= 15 is 0 Å². The van der Waals surface area contributed by atoms with E-state index in [0.29, 0.717) is 35.6 Å². The van der Waals surface area contributed by atoms with E-state index in [1.54, 1.807) is 6.07 Å². The molecule has 0 unspecified atom stereocenters. The van der Waals surface area contributed by atoms with Gasteiger partial charge >= 0.3 is 0 Å². The van der Waals surface area contributed by atoms with Crippen molar-refractivity contribution < 1.29 is 13.2 Å². The van der Waals surface area contributed by atoms with Crippen LogP contribution in [0.3, 0.4) is 0 Å². The lowest BCUT2D eigenvalue weighted by Crippen LogP contribution is -2.53. The summed E-state index contributed by atoms with van der Waals surface area (Å²) in [7, 11) is -3.44. The van der Waals surface area contributed by atoms with Gasteiger partial charge in [-0.25, -0.2) is 13.1 Å². The van der Waals surface area contributed by atoms with Gasteiger partial charge in [0.25, 0.3) is 10.0 Å². The molecule has 1 fully saturated rings. The molecule has 1 aromatic heterocycles. The molecule has 4 nitrogen and oxygen atoms in total. The molecule has 1 aliphatic rings. The van der Waals surface area contributed by atoms with Crippen LogP contribution in [0.1, 0.15) is 24.6 Å². The first-order chi connectivity index (χ1) is 9.01. The Morgan fingerprint density at radius 1 is 1.42 bits per heavy atom. The Labute approximate surface area is 126 Å². The molecule has 1 aromatic rings. The van der Waals surface area contributed by atoms with Gasteiger partial charge in [0, 0.05) is 29.0 Å². The van der Waals surface area contributed by atoms with Crippen molar-refractivity contribution in [2.24, 2.45) is 0 Å². The highest BCUT2D eigenvalue weighted by Gasteiger charge is 2.36. The summed E-state index contributed by atoms with van der Waals surface area (Å²) in [6, 6.07) is 3.57. The summed E-state index contributed by atoms with van der Waals surface area (Å²) in [4.78, 5) is 1.08. The van der Waals surface area contributed by atoms with Crippen LogP contribution in [0.15, 0.2) is 16.3 Å². The van der Waals surface area contributed by atoms with Crippen LogP contribution in [0.4, 0.5) is 0 Å². The van der Waals surface area contributed by atoms with Gasteiger partial charge in [0.2, 0.25) is 0 Å². The van der Waals surface area contributed by atoms with Crippen molar-refractivity contribution in [2.75, 3.05) is 18.5 Å². The van der Waals surface area contributed by atoms with Crippen LogP contribution in [0.2, 0.25) is 0 Å². The molecule has 7 heteroatoms. The predicted molar refractivity (Wildman–Crippen MR) is 80.6 cm³/mol. The number of thiophene rings is 1. The molecule has 0 bridgehead atoms. The minimum Gasteiger partial charge on any atom is -0.381 e. The Kier molecular flexibility index (Phi) is 5.05. The maximum Gasteiger partial charge on any atom is 0.250 e. The quantitative estimate of drug-likeness (QED) is 0.813. The largest absolute Gasteiger partial charge is 0.381 e. The average molecular weight is 368 g/mol. The fraction of sp³-hybridized carbons (Fsp3) is 0.667. The van der Waals surface area contributed by atoms with E-state index in [0.717, 1.165) is 11.3 Å². The number of halogens is 1. The van der Waals surface area contributed by atoms with Crippen molar-refractivity contribution in [3.63, 3.8) is 0 Å². The Bertz CT molecular complexity index is 521. The van der Waals surface area contributed by atoms with Crippen molar-refractivity contribution in [1.29, 1.82) is 0 Å². The van der Waals surface area contributed by atoms with Gasteiger partial charge in [-0.15, -0.1) is 11.3 Å². The summed E-state index contributed by atoms with van der Waals surface area (Å²) in [5.74, 6) is 0. The van der Waals surface area contributed by atoms with Gasteiger partial charge in [0.05, 0.1) is 0 Å². The number of hydrogen-bond acceptors (Lipinski definition) is 4. The molecular weight excluding hydrogens is 350 g/mol. The fourth-order valence-corrected chi connectivity index (χ4v) is 5.69. The van der Waals surface area contributed by atoms with Crippen LogP contribution in [0.5, 0.6) is 0 Å². The summed E-state index contributed by atoms with van der Waals surface area (Å²) >= 11 is 4.77. The van der Waals surface area contributed by atoms with Crippen LogP contribution < -0.4 is 4.72 Å². The minimum atomic E-state index is -3.44. The van der Waals surface area contributed by atoms with E-state index in [1.807, 2.05) is 13.0 Å². The molecule has 0 atom stereocenters. The predicted octanol–water partition coefficient (Wildman–Crippen LogP) is 2.53. The van der Waals surface area contributed by atoms with Gasteiger partial charge in [-0.2, -0.15) is 0 Å². The number of aryl methyl sites for hydroxylation is 1. The Morgan fingerprint density at radius 2 is 2.11 bits per heavy atom. The van der Waals surface area contributed by atoms with Gasteiger partial charge in [-0.1, -0.05) is 22.9 Å². The van der Waals surface area contributed by atoms with Crippen molar-refractivity contribution in [3.05, 3.63) is 17.0 Å². The lowest BCUT2D eigenvalue weighted by Gasteiger charge is -2.35. The number of hydrogen-bond donors (Lipinski definition) is 1. The van der Waals surface area contributed by atoms with Crippen molar-refractivity contribution >= 4 is 37.3 Å². The molecule has 1 aliphatic heterocycles. The summed E-state index contributed by atoms with van der Waals surface area (Å²) in [6.45, 7) is 3.21. The Morgan fingerprint density at radius 3 is 2.63 bits per heavy atom. The number of rotatable bonds is 5. The highest BCUT2D eigenvalue weighted by Crippen LogP contribution is 2.28. The highest BCUT2D eigenvalue weighted by atomic mass is 79.9. The van der Waals surface area contributed by atoms with Crippen molar-refractivity contribution in [1.82, 2.24) is 4.72 Å². The second-order valence-corrected chi connectivity index (χ2v) is 8.34. The first kappa shape index (κ1) is 15.4. The summed E-state index contributed by atoms with van der Waals surface area (Å²) in [6.07, 6.45) is 2.25. The molecule has 108 valence electrons. The van der Waals surface area contributed by atoms with E-state index in [9.17, 15) is 8.42 Å². The third-order valence-corrected chi connectivity index (χ3v) is 7.68.